The topological polar surface area (TPSA) is 81.5 Å². The second kappa shape index (κ2) is 9.82. The zero-order valence-corrected chi connectivity index (χ0v) is 15.6. The Kier molecular flexibility index (Phi) is 7.47. The van der Waals surface area contributed by atoms with Crippen LogP contribution in [0.5, 0.6) is 5.75 Å². The number of nitro groups is 1. The summed E-state index contributed by atoms with van der Waals surface area (Å²) < 4.78 is 5.15. The van der Waals surface area contributed by atoms with Crippen LogP contribution >= 0.6 is 11.8 Å². The molecule has 0 saturated carbocycles. The first-order valence-corrected chi connectivity index (χ1v) is 9.43. The lowest BCUT2D eigenvalue weighted by Gasteiger charge is -2.17. The SMILES string of the molecule is CCC(NC(=O)CSCc1ccc([N+](=O)[O-])cc1)c1ccc(OC)cc1. The summed E-state index contributed by atoms with van der Waals surface area (Å²) in [7, 11) is 1.62. The van der Waals surface area contributed by atoms with Crippen LogP contribution < -0.4 is 10.1 Å². The molecular weight excluding hydrogens is 352 g/mol. The van der Waals surface area contributed by atoms with Crippen molar-refractivity contribution in [1.82, 2.24) is 5.32 Å². The molecule has 2 rings (SSSR count). The number of benzene rings is 2. The molecule has 0 aromatic heterocycles. The first kappa shape index (κ1) is 19.8. The summed E-state index contributed by atoms with van der Waals surface area (Å²) in [5.41, 5.74) is 2.07. The fourth-order valence-corrected chi connectivity index (χ4v) is 3.27. The highest BCUT2D eigenvalue weighted by molar-refractivity contribution is 7.99. The maximum absolute atomic E-state index is 12.2. The molecule has 0 fully saturated rings. The minimum atomic E-state index is -0.422. The number of carbonyl (C=O) groups is 1. The minimum Gasteiger partial charge on any atom is -0.497 e. The molecule has 6 nitrogen and oxygen atoms in total. The van der Waals surface area contributed by atoms with E-state index >= 15 is 0 Å². The zero-order chi connectivity index (χ0) is 18.9. The van der Waals surface area contributed by atoms with E-state index in [1.54, 1.807) is 19.2 Å². The molecule has 0 bridgehead atoms. The molecule has 0 spiro atoms. The fraction of sp³-hybridized carbons (Fsp3) is 0.316. The van der Waals surface area contributed by atoms with Gasteiger partial charge in [-0.3, -0.25) is 14.9 Å². The van der Waals surface area contributed by atoms with Crippen LogP contribution in [0.4, 0.5) is 5.69 Å². The molecule has 2 aromatic carbocycles. The van der Waals surface area contributed by atoms with E-state index in [1.165, 1.54) is 23.9 Å². The molecule has 1 N–H and O–H groups in total. The molecule has 0 radical (unpaired) electrons. The average Bonchev–Trinajstić information content (AvgIpc) is 2.66. The highest BCUT2D eigenvalue weighted by atomic mass is 32.2. The molecule has 26 heavy (non-hydrogen) atoms. The van der Waals surface area contributed by atoms with Gasteiger partial charge in [-0.25, -0.2) is 0 Å². The van der Waals surface area contributed by atoms with Gasteiger partial charge in [0.2, 0.25) is 5.91 Å². The monoisotopic (exact) mass is 374 g/mol. The third-order valence-corrected chi connectivity index (χ3v) is 4.91. The molecule has 0 aliphatic carbocycles. The van der Waals surface area contributed by atoms with Crippen LogP contribution in [0.1, 0.15) is 30.5 Å². The van der Waals surface area contributed by atoms with E-state index in [9.17, 15) is 14.9 Å². The summed E-state index contributed by atoms with van der Waals surface area (Å²) in [5, 5.41) is 13.7. The van der Waals surface area contributed by atoms with Crippen LogP contribution in [-0.4, -0.2) is 23.7 Å². The molecule has 7 heteroatoms. The van der Waals surface area contributed by atoms with Crippen molar-refractivity contribution in [3.63, 3.8) is 0 Å². The smallest absolute Gasteiger partial charge is 0.269 e. The molecular formula is C19H22N2O4S. The largest absolute Gasteiger partial charge is 0.497 e. The number of carbonyl (C=O) groups excluding carboxylic acids is 1. The number of nitrogens with one attached hydrogen (secondary N) is 1. The normalized spacial score (nSPS) is 11.6. The lowest BCUT2D eigenvalue weighted by molar-refractivity contribution is -0.384. The van der Waals surface area contributed by atoms with Crippen molar-refractivity contribution in [2.45, 2.75) is 25.1 Å². The highest BCUT2D eigenvalue weighted by Gasteiger charge is 2.13. The molecule has 138 valence electrons. The van der Waals surface area contributed by atoms with Crippen LogP contribution in [0.2, 0.25) is 0 Å². The molecule has 0 heterocycles. The van der Waals surface area contributed by atoms with Crippen molar-refractivity contribution in [3.8, 4) is 5.75 Å². The molecule has 0 saturated heterocycles. The number of hydrogen-bond acceptors (Lipinski definition) is 5. The first-order chi connectivity index (χ1) is 12.5. The maximum atomic E-state index is 12.2. The minimum absolute atomic E-state index is 0.0282. The lowest BCUT2D eigenvalue weighted by Crippen LogP contribution is -2.29. The van der Waals surface area contributed by atoms with Gasteiger partial charge in [0, 0.05) is 17.9 Å². The third kappa shape index (κ3) is 5.77. The number of nitrogens with zero attached hydrogens (tertiary/aromatic N) is 1. The maximum Gasteiger partial charge on any atom is 0.269 e. The number of methoxy groups -OCH3 is 1. The summed E-state index contributed by atoms with van der Waals surface area (Å²) in [5.74, 6) is 1.72. The van der Waals surface area contributed by atoms with Crippen LogP contribution in [0.25, 0.3) is 0 Å². The van der Waals surface area contributed by atoms with Crippen LogP contribution in [0.15, 0.2) is 48.5 Å². The van der Waals surface area contributed by atoms with Gasteiger partial charge in [-0.1, -0.05) is 31.2 Å². The number of non-ortho nitro benzene ring substituents is 1. The summed E-state index contributed by atoms with van der Waals surface area (Å²) >= 11 is 1.48. The number of ether oxygens (including phenoxy) is 1. The van der Waals surface area contributed by atoms with Gasteiger partial charge in [0.1, 0.15) is 5.75 Å². The van der Waals surface area contributed by atoms with E-state index in [-0.39, 0.29) is 17.6 Å². The van der Waals surface area contributed by atoms with E-state index in [4.69, 9.17) is 4.74 Å². The molecule has 1 unspecified atom stereocenters. The number of nitro benzene ring substituents is 1. The van der Waals surface area contributed by atoms with Crippen molar-refractivity contribution in [1.29, 1.82) is 0 Å². The van der Waals surface area contributed by atoms with E-state index in [2.05, 4.69) is 5.32 Å². The summed E-state index contributed by atoms with van der Waals surface area (Å²) in [4.78, 5) is 22.4. The summed E-state index contributed by atoms with van der Waals surface area (Å²) in [6.45, 7) is 2.03. The molecule has 0 aliphatic heterocycles. The van der Waals surface area contributed by atoms with Gasteiger partial charge >= 0.3 is 0 Å². The van der Waals surface area contributed by atoms with E-state index in [0.717, 1.165) is 23.3 Å². The third-order valence-electron chi connectivity index (χ3n) is 3.91. The van der Waals surface area contributed by atoms with E-state index in [1.807, 2.05) is 31.2 Å². The zero-order valence-electron chi connectivity index (χ0n) is 14.8. The van der Waals surface area contributed by atoms with Gasteiger partial charge in [0.05, 0.1) is 23.8 Å². The second-order valence-corrected chi connectivity index (χ2v) is 6.70. The van der Waals surface area contributed by atoms with Gasteiger partial charge in [0.25, 0.3) is 5.69 Å². The van der Waals surface area contributed by atoms with Gasteiger partial charge < -0.3 is 10.1 Å². The Balaban J connectivity index is 1.81. The number of amides is 1. The number of hydrogen-bond donors (Lipinski definition) is 1. The van der Waals surface area contributed by atoms with Gasteiger partial charge in [-0.2, -0.15) is 0 Å². The van der Waals surface area contributed by atoms with Gasteiger partial charge in [-0.05, 0) is 29.7 Å². The Labute approximate surface area is 157 Å². The summed E-state index contributed by atoms with van der Waals surface area (Å²) in [6.07, 6.45) is 0.797. The molecule has 1 atom stereocenters. The van der Waals surface area contributed by atoms with Crippen LogP contribution in [-0.2, 0) is 10.5 Å². The Morgan fingerprint density at radius 1 is 1.19 bits per heavy atom. The lowest BCUT2D eigenvalue weighted by atomic mass is 10.0. The van der Waals surface area contributed by atoms with Crippen molar-refractivity contribution in [2.75, 3.05) is 12.9 Å². The number of rotatable bonds is 9. The summed E-state index contributed by atoms with van der Waals surface area (Å²) in [6, 6.07) is 14.0. The Bertz CT molecular complexity index is 732. The Morgan fingerprint density at radius 3 is 2.38 bits per heavy atom. The Morgan fingerprint density at radius 2 is 1.85 bits per heavy atom. The van der Waals surface area contributed by atoms with Crippen molar-refractivity contribution < 1.29 is 14.5 Å². The van der Waals surface area contributed by atoms with Gasteiger partial charge in [-0.15, -0.1) is 11.8 Å². The average molecular weight is 374 g/mol. The fourth-order valence-electron chi connectivity index (χ4n) is 2.47. The van der Waals surface area contributed by atoms with Crippen LogP contribution in [0, 0.1) is 10.1 Å². The van der Waals surface area contributed by atoms with E-state index < -0.39 is 4.92 Å². The molecule has 0 aliphatic rings. The van der Waals surface area contributed by atoms with Crippen molar-refractivity contribution in [3.05, 3.63) is 69.8 Å². The number of thioether (sulfide) groups is 1. The highest BCUT2D eigenvalue weighted by Crippen LogP contribution is 2.21. The molecule has 2 aromatic rings. The second-order valence-electron chi connectivity index (χ2n) is 5.72. The molecule has 1 amide bonds. The van der Waals surface area contributed by atoms with E-state index in [0.29, 0.717) is 11.5 Å². The Hall–Kier alpha value is -2.54. The predicted octanol–water partition coefficient (Wildman–Crippen LogP) is 4.10. The first-order valence-electron chi connectivity index (χ1n) is 8.28. The van der Waals surface area contributed by atoms with Crippen molar-refractivity contribution in [2.24, 2.45) is 0 Å². The van der Waals surface area contributed by atoms with Crippen LogP contribution in [0.3, 0.4) is 0 Å². The predicted molar refractivity (Wildman–Crippen MR) is 103 cm³/mol. The standard InChI is InChI=1S/C19H22N2O4S/c1-3-18(15-6-10-17(25-2)11-7-15)20-19(22)13-26-12-14-4-8-16(9-5-14)21(23)24/h4-11,18H,3,12-13H2,1-2H3,(H,20,22). The van der Waals surface area contributed by atoms with Gasteiger partial charge in [0.15, 0.2) is 0 Å². The van der Waals surface area contributed by atoms with Crippen molar-refractivity contribution >= 4 is 23.4 Å². The quantitative estimate of drug-likeness (QED) is 0.528.